The van der Waals surface area contributed by atoms with Crippen molar-refractivity contribution >= 4 is 11.8 Å². The topological polar surface area (TPSA) is 84.5 Å². The number of hydrogen-bond acceptors (Lipinski definition) is 4. The van der Waals surface area contributed by atoms with E-state index in [1.54, 1.807) is 27.8 Å². The van der Waals surface area contributed by atoms with Gasteiger partial charge in [-0.05, 0) is 36.8 Å². The zero-order valence-electron chi connectivity index (χ0n) is 17.3. The van der Waals surface area contributed by atoms with Crippen molar-refractivity contribution in [2.75, 3.05) is 13.1 Å². The Hall–Kier alpha value is -2.83. The van der Waals surface area contributed by atoms with Crippen LogP contribution in [-0.4, -0.2) is 34.4 Å². The van der Waals surface area contributed by atoms with E-state index in [-0.39, 0.29) is 23.6 Å². The van der Waals surface area contributed by atoms with Gasteiger partial charge >= 0.3 is 0 Å². The fraction of sp³-hybridized carbons (Fsp3) is 0.500. The second-order valence-corrected chi connectivity index (χ2v) is 8.27. The molecule has 7 nitrogen and oxygen atoms in total. The predicted octanol–water partition coefficient (Wildman–Crippen LogP) is 2.90. The van der Waals surface area contributed by atoms with Crippen molar-refractivity contribution in [1.82, 2.24) is 14.8 Å². The number of carbonyl (C=O) groups is 2. The maximum atomic E-state index is 13.1. The van der Waals surface area contributed by atoms with Gasteiger partial charge < -0.3 is 19.2 Å². The number of likely N-dealkylation sites (tertiary alicyclic amines) is 1. The van der Waals surface area contributed by atoms with Crippen LogP contribution in [0.2, 0.25) is 0 Å². The number of amides is 2. The van der Waals surface area contributed by atoms with Crippen LogP contribution in [0, 0.1) is 11.8 Å². The van der Waals surface area contributed by atoms with Crippen molar-refractivity contribution < 1.29 is 14.0 Å². The molecule has 3 heterocycles. The molecule has 1 saturated heterocycles. The van der Waals surface area contributed by atoms with Crippen molar-refractivity contribution in [2.45, 2.75) is 46.7 Å². The molecular weight excluding hydrogens is 370 g/mol. The smallest absolute Gasteiger partial charge is 0.259 e. The third kappa shape index (κ3) is 5.16. The summed E-state index contributed by atoms with van der Waals surface area (Å²) in [5.74, 6) is 0.501. The Morgan fingerprint density at radius 2 is 2.03 bits per heavy atom. The Morgan fingerprint density at radius 1 is 1.28 bits per heavy atom. The standard InChI is InChI=1S/C22H29N3O4/c1-15(2)11-24-13-18(21(27)23-10-17-7-5-9-29-17)20(26)19(14-24)22(28)25-8-4-6-16(3)12-25/h5,7,9,13-16H,4,6,8,10-12H2,1-3H3,(H,23,27)/t16-/m0/s1. The zero-order valence-corrected chi connectivity index (χ0v) is 17.3. The molecule has 7 heteroatoms. The van der Waals surface area contributed by atoms with E-state index in [9.17, 15) is 14.4 Å². The summed E-state index contributed by atoms with van der Waals surface area (Å²) < 4.78 is 6.99. The second kappa shape index (κ2) is 9.11. The molecule has 0 radical (unpaired) electrons. The van der Waals surface area contributed by atoms with E-state index >= 15 is 0 Å². The average molecular weight is 399 g/mol. The normalized spacial score (nSPS) is 16.8. The minimum atomic E-state index is -0.523. The molecule has 1 N–H and O–H groups in total. The first kappa shape index (κ1) is 20.9. The Kier molecular flexibility index (Phi) is 6.56. The molecule has 2 amide bonds. The summed E-state index contributed by atoms with van der Waals surface area (Å²) in [5.41, 5.74) is -0.483. The van der Waals surface area contributed by atoms with Crippen LogP contribution in [0.25, 0.3) is 0 Å². The summed E-state index contributed by atoms with van der Waals surface area (Å²) in [7, 11) is 0. The van der Waals surface area contributed by atoms with E-state index in [2.05, 4.69) is 12.2 Å². The first-order valence-corrected chi connectivity index (χ1v) is 10.2. The van der Waals surface area contributed by atoms with Crippen LogP contribution in [0.4, 0.5) is 0 Å². The number of furan rings is 1. The Morgan fingerprint density at radius 3 is 2.69 bits per heavy atom. The van der Waals surface area contributed by atoms with Crippen molar-refractivity contribution in [2.24, 2.45) is 11.8 Å². The fourth-order valence-electron chi connectivity index (χ4n) is 3.69. The van der Waals surface area contributed by atoms with Crippen molar-refractivity contribution in [1.29, 1.82) is 0 Å². The van der Waals surface area contributed by atoms with Gasteiger partial charge in [-0.25, -0.2) is 0 Å². The minimum Gasteiger partial charge on any atom is -0.467 e. The van der Waals surface area contributed by atoms with Crippen LogP contribution in [0.1, 0.15) is 60.1 Å². The van der Waals surface area contributed by atoms with Gasteiger partial charge in [-0.15, -0.1) is 0 Å². The molecule has 1 atom stereocenters. The Balaban J connectivity index is 1.90. The van der Waals surface area contributed by atoms with E-state index in [0.717, 1.165) is 12.8 Å². The van der Waals surface area contributed by atoms with Crippen LogP contribution >= 0.6 is 0 Å². The number of hydrogen-bond donors (Lipinski definition) is 1. The van der Waals surface area contributed by atoms with Crippen LogP contribution in [-0.2, 0) is 13.1 Å². The van der Waals surface area contributed by atoms with Crippen LogP contribution < -0.4 is 10.7 Å². The number of aromatic nitrogens is 1. The second-order valence-electron chi connectivity index (χ2n) is 8.27. The molecule has 2 aromatic heterocycles. The van der Waals surface area contributed by atoms with Gasteiger partial charge in [0.15, 0.2) is 0 Å². The highest BCUT2D eigenvalue weighted by atomic mass is 16.3. The molecule has 3 rings (SSSR count). The summed E-state index contributed by atoms with van der Waals surface area (Å²) in [6, 6.07) is 3.48. The summed E-state index contributed by atoms with van der Waals surface area (Å²) in [5, 5.41) is 2.70. The Bertz CT molecular complexity index is 915. The number of nitrogens with zero attached hydrogens (tertiary/aromatic N) is 2. The molecule has 2 aromatic rings. The lowest BCUT2D eigenvalue weighted by molar-refractivity contribution is 0.0680. The molecule has 156 valence electrons. The van der Waals surface area contributed by atoms with Gasteiger partial charge in [0.2, 0.25) is 5.43 Å². The summed E-state index contributed by atoms with van der Waals surface area (Å²) in [4.78, 5) is 40.6. The molecule has 1 aliphatic rings. The largest absolute Gasteiger partial charge is 0.467 e. The van der Waals surface area contributed by atoms with Crippen molar-refractivity contribution in [3.8, 4) is 0 Å². The third-order valence-corrected chi connectivity index (χ3v) is 5.08. The van der Waals surface area contributed by atoms with E-state index in [0.29, 0.717) is 37.2 Å². The highest BCUT2D eigenvalue weighted by Crippen LogP contribution is 2.17. The summed E-state index contributed by atoms with van der Waals surface area (Å²) in [6.07, 6.45) is 6.66. The summed E-state index contributed by atoms with van der Waals surface area (Å²) in [6.45, 7) is 8.26. The van der Waals surface area contributed by atoms with E-state index < -0.39 is 11.3 Å². The van der Waals surface area contributed by atoms with Gasteiger partial charge in [0.1, 0.15) is 16.9 Å². The maximum Gasteiger partial charge on any atom is 0.259 e. The average Bonchev–Trinajstić information content (AvgIpc) is 3.20. The molecule has 0 saturated carbocycles. The zero-order chi connectivity index (χ0) is 21.0. The lowest BCUT2D eigenvalue weighted by atomic mass is 9.99. The van der Waals surface area contributed by atoms with Gasteiger partial charge in [-0.3, -0.25) is 14.4 Å². The van der Waals surface area contributed by atoms with Gasteiger partial charge in [-0.1, -0.05) is 20.8 Å². The minimum absolute atomic E-state index is 0.0203. The van der Waals surface area contributed by atoms with Gasteiger partial charge in [0, 0.05) is 32.0 Å². The lowest BCUT2D eigenvalue weighted by Crippen LogP contribution is -2.42. The SMILES string of the molecule is CC(C)Cn1cc(C(=O)NCc2ccco2)c(=O)c(C(=O)N2CCC[C@H](C)C2)c1. The van der Waals surface area contributed by atoms with Crippen LogP contribution in [0.5, 0.6) is 0 Å². The first-order valence-electron chi connectivity index (χ1n) is 10.2. The van der Waals surface area contributed by atoms with Crippen LogP contribution in [0.15, 0.2) is 40.0 Å². The molecule has 0 aliphatic carbocycles. The number of carbonyl (C=O) groups excluding carboxylic acids is 2. The molecule has 0 aromatic carbocycles. The molecule has 29 heavy (non-hydrogen) atoms. The third-order valence-electron chi connectivity index (χ3n) is 5.08. The van der Waals surface area contributed by atoms with E-state index in [4.69, 9.17) is 4.42 Å². The van der Waals surface area contributed by atoms with E-state index in [1.165, 1.54) is 12.5 Å². The fourth-order valence-corrected chi connectivity index (χ4v) is 3.69. The number of rotatable bonds is 6. The monoisotopic (exact) mass is 399 g/mol. The van der Waals surface area contributed by atoms with Gasteiger partial charge in [-0.2, -0.15) is 0 Å². The number of piperidine rings is 1. The lowest BCUT2D eigenvalue weighted by Gasteiger charge is -2.31. The maximum absolute atomic E-state index is 13.1. The molecule has 0 unspecified atom stereocenters. The Labute approximate surface area is 170 Å². The summed E-state index contributed by atoms with van der Waals surface area (Å²) >= 11 is 0. The molecule has 0 spiro atoms. The highest BCUT2D eigenvalue weighted by Gasteiger charge is 2.26. The molecule has 0 bridgehead atoms. The van der Waals surface area contributed by atoms with Gasteiger partial charge in [0.25, 0.3) is 11.8 Å². The number of pyridine rings is 1. The van der Waals surface area contributed by atoms with Crippen LogP contribution in [0.3, 0.4) is 0 Å². The number of nitrogens with one attached hydrogen (secondary N) is 1. The highest BCUT2D eigenvalue weighted by molar-refractivity contribution is 5.99. The molecular formula is C22H29N3O4. The first-order chi connectivity index (χ1) is 13.8. The van der Waals surface area contributed by atoms with Crippen molar-refractivity contribution in [3.63, 3.8) is 0 Å². The predicted molar refractivity (Wildman–Crippen MR) is 110 cm³/mol. The van der Waals surface area contributed by atoms with Gasteiger partial charge in [0.05, 0.1) is 12.8 Å². The quantitative estimate of drug-likeness (QED) is 0.809. The molecule has 1 fully saturated rings. The van der Waals surface area contributed by atoms with Crippen molar-refractivity contribution in [3.05, 3.63) is 57.9 Å². The van der Waals surface area contributed by atoms with E-state index in [1.807, 2.05) is 13.8 Å². The molecule has 1 aliphatic heterocycles.